The first kappa shape index (κ1) is 12.6. The standard InChI is InChI=1S/C13H24OSi/c1-11-9-7-8-10-12(11)14-15(5,6)13(2,3)4/h7-8H,9-10H2,1-6H3. The van der Waals surface area contributed by atoms with Crippen LogP contribution in [0.2, 0.25) is 18.1 Å². The van der Waals surface area contributed by atoms with Crippen LogP contribution in [0.3, 0.4) is 0 Å². The van der Waals surface area contributed by atoms with Crippen LogP contribution in [0.15, 0.2) is 23.5 Å². The molecule has 0 aliphatic heterocycles. The summed E-state index contributed by atoms with van der Waals surface area (Å²) >= 11 is 0. The fourth-order valence-electron chi connectivity index (χ4n) is 1.33. The van der Waals surface area contributed by atoms with E-state index >= 15 is 0 Å². The molecule has 0 atom stereocenters. The van der Waals surface area contributed by atoms with Crippen LogP contribution in [-0.4, -0.2) is 8.32 Å². The molecule has 1 nitrogen and oxygen atoms in total. The van der Waals surface area contributed by atoms with Crippen molar-refractivity contribution in [2.75, 3.05) is 0 Å². The molecule has 1 aliphatic carbocycles. The molecule has 2 heteroatoms. The fraction of sp³-hybridized carbons (Fsp3) is 0.692. The predicted molar refractivity (Wildman–Crippen MR) is 69.4 cm³/mol. The summed E-state index contributed by atoms with van der Waals surface area (Å²) in [6.07, 6.45) is 6.49. The van der Waals surface area contributed by atoms with Crippen molar-refractivity contribution < 1.29 is 4.43 Å². The highest BCUT2D eigenvalue weighted by Gasteiger charge is 2.39. The van der Waals surface area contributed by atoms with E-state index in [1.807, 2.05) is 0 Å². The van der Waals surface area contributed by atoms with Crippen LogP contribution in [0, 0.1) is 0 Å². The monoisotopic (exact) mass is 224 g/mol. The van der Waals surface area contributed by atoms with Gasteiger partial charge in [0.05, 0.1) is 5.76 Å². The fourth-order valence-corrected chi connectivity index (χ4v) is 2.51. The normalized spacial score (nSPS) is 18.3. The second kappa shape index (κ2) is 4.16. The second-order valence-corrected chi connectivity index (χ2v) is 10.7. The van der Waals surface area contributed by atoms with E-state index in [2.05, 4.69) is 52.9 Å². The van der Waals surface area contributed by atoms with E-state index in [-0.39, 0.29) is 0 Å². The molecule has 1 aliphatic rings. The highest BCUT2D eigenvalue weighted by molar-refractivity contribution is 6.74. The first-order valence-corrected chi connectivity index (χ1v) is 8.67. The van der Waals surface area contributed by atoms with Crippen LogP contribution in [0.4, 0.5) is 0 Å². The molecule has 0 heterocycles. The zero-order chi connectivity index (χ0) is 11.7. The molecule has 15 heavy (non-hydrogen) atoms. The van der Waals surface area contributed by atoms with Crippen molar-refractivity contribution in [2.45, 2.75) is 58.7 Å². The molecule has 0 spiro atoms. The minimum atomic E-state index is -1.63. The van der Waals surface area contributed by atoms with Crippen LogP contribution in [0.5, 0.6) is 0 Å². The average Bonchev–Trinajstić information content (AvgIpc) is 2.06. The second-order valence-electron chi connectivity index (χ2n) is 5.95. The highest BCUT2D eigenvalue weighted by Crippen LogP contribution is 2.39. The van der Waals surface area contributed by atoms with Crippen molar-refractivity contribution in [3.63, 3.8) is 0 Å². The van der Waals surface area contributed by atoms with Gasteiger partial charge in [0.1, 0.15) is 0 Å². The maximum absolute atomic E-state index is 6.32. The topological polar surface area (TPSA) is 9.23 Å². The van der Waals surface area contributed by atoms with Crippen molar-refractivity contribution in [3.8, 4) is 0 Å². The molecule has 0 aromatic rings. The van der Waals surface area contributed by atoms with Gasteiger partial charge in [-0.1, -0.05) is 32.9 Å². The Hall–Kier alpha value is -0.503. The lowest BCUT2D eigenvalue weighted by atomic mass is 10.1. The van der Waals surface area contributed by atoms with Crippen molar-refractivity contribution in [3.05, 3.63) is 23.5 Å². The number of allylic oxidation sites excluding steroid dienone is 3. The zero-order valence-electron chi connectivity index (χ0n) is 11.0. The first-order valence-electron chi connectivity index (χ1n) is 5.77. The van der Waals surface area contributed by atoms with Gasteiger partial charge in [0.15, 0.2) is 0 Å². The van der Waals surface area contributed by atoms with Gasteiger partial charge in [0.2, 0.25) is 8.32 Å². The number of hydrogen-bond donors (Lipinski definition) is 0. The van der Waals surface area contributed by atoms with Gasteiger partial charge in [-0.15, -0.1) is 0 Å². The Kier molecular flexibility index (Phi) is 3.49. The minimum Gasteiger partial charge on any atom is -0.546 e. The maximum atomic E-state index is 6.32. The largest absolute Gasteiger partial charge is 0.546 e. The SMILES string of the molecule is CC1=C(O[Si](C)(C)C(C)(C)C)CC=CC1. The van der Waals surface area contributed by atoms with Crippen LogP contribution in [-0.2, 0) is 4.43 Å². The summed E-state index contributed by atoms with van der Waals surface area (Å²) in [5, 5.41) is 0.293. The van der Waals surface area contributed by atoms with Crippen LogP contribution in [0.25, 0.3) is 0 Å². The number of rotatable bonds is 2. The van der Waals surface area contributed by atoms with E-state index in [1.165, 1.54) is 11.3 Å². The van der Waals surface area contributed by atoms with E-state index in [1.54, 1.807) is 0 Å². The third kappa shape index (κ3) is 2.97. The van der Waals surface area contributed by atoms with Crippen molar-refractivity contribution in [2.24, 2.45) is 0 Å². The van der Waals surface area contributed by atoms with E-state index in [9.17, 15) is 0 Å². The summed E-state index contributed by atoms with van der Waals surface area (Å²) in [6.45, 7) is 13.7. The quantitative estimate of drug-likeness (QED) is 0.491. The van der Waals surface area contributed by atoms with E-state index < -0.39 is 8.32 Å². The van der Waals surface area contributed by atoms with Gasteiger partial charge in [0.25, 0.3) is 0 Å². The lowest BCUT2D eigenvalue weighted by Gasteiger charge is -2.38. The molecule has 0 fully saturated rings. The van der Waals surface area contributed by atoms with Gasteiger partial charge in [-0.25, -0.2) is 0 Å². The Morgan fingerprint density at radius 3 is 2.13 bits per heavy atom. The Bertz CT molecular complexity index is 292. The summed E-state index contributed by atoms with van der Waals surface area (Å²) < 4.78 is 6.32. The van der Waals surface area contributed by atoms with Crippen LogP contribution < -0.4 is 0 Å². The molecule has 0 aromatic carbocycles. The Labute approximate surface area is 95.4 Å². The average molecular weight is 224 g/mol. The predicted octanol–water partition coefficient (Wildman–Crippen LogP) is 4.63. The summed E-state index contributed by atoms with van der Waals surface area (Å²) in [5.41, 5.74) is 1.40. The van der Waals surface area contributed by atoms with Gasteiger partial charge in [0, 0.05) is 6.42 Å². The smallest absolute Gasteiger partial charge is 0.250 e. The van der Waals surface area contributed by atoms with E-state index in [4.69, 9.17) is 4.43 Å². The third-order valence-electron chi connectivity index (χ3n) is 3.55. The molecule has 0 bridgehead atoms. The summed E-state index contributed by atoms with van der Waals surface area (Å²) in [4.78, 5) is 0. The van der Waals surface area contributed by atoms with E-state index in [0.717, 1.165) is 12.8 Å². The summed E-state index contributed by atoms with van der Waals surface area (Å²) in [6, 6.07) is 0. The molecule has 0 N–H and O–H groups in total. The Balaban J connectivity index is 2.77. The molecule has 86 valence electrons. The van der Waals surface area contributed by atoms with Crippen molar-refractivity contribution in [1.82, 2.24) is 0 Å². The molecule has 0 saturated carbocycles. The maximum Gasteiger partial charge on any atom is 0.250 e. The molecule has 0 aromatic heterocycles. The Morgan fingerprint density at radius 1 is 1.13 bits per heavy atom. The molecule has 0 saturated heterocycles. The molecule has 0 unspecified atom stereocenters. The Morgan fingerprint density at radius 2 is 1.67 bits per heavy atom. The highest BCUT2D eigenvalue weighted by atomic mass is 28.4. The first-order chi connectivity index (χ1) is 6.74. The lowest BCUT2D eigenvalue weighted by Crippen LogP contribution is -2.40. The molecular weight excluding hydrogens is 200 g/mol. The van der Waals surface area contributed by atoms with Crippen LogP contribution in [0.1, 0.15) is 40.5 Å². The van der Waals surface area contributed by atoms with Gasteiger partial charge in [-0.2, -0.15) is 0 Å². The van der Waals surface area contributed by atoms with Gasteiger partial charge in [-0.05, 0) is 37.0 Å². The molecule has 0 radical (unpaired) electrons. The van der Waals surface area contributed by atoms with Crippen molar-refractivity contribution >= 4 is 8.32 Å². The zero-order valence-corrected chi connectivity index (χ0v) is 12.0. The molecule has 1 rings (SSSR count). The van der Waals surface area contributed by atoms with Gasteiger partial charge >= 0.3 is 0 Å². The van der Waals surface area contributed by atoms with Gasteiger partial charge in [-0.3, -0.25) is 0 Å². The van der Waals surface area contributed by atoms with Crippen molar-refractivity contribution in [1.29, 1.82) is 0 Å². The van der Waals surface area contributed by atoms with Gasteiger partial charge < -0.3 is 4.43 Å². The molecule has 0 amide bonds. The lowest BCUT2D eigenvalue weighted by molar-refractivity contribution is 0.368. The summed E-state index contributed by atoms with van der Waals surface area (Å²) in [7, 11) is -1.63. The summed E-state index contributed by atoms with van der Waals surface area (Å²) in [5.74, 6) is 1.23. The van der Waals surface area contributed by atoms with Crippen LogP contribution >= 0.6 is 0 Å². The third-order valence-corrected chi connectivity index (χ3v) is 7.92. The number of hydrogen-bond acceptors (Lipinski definition) is 1. The van der Waals surface area contributed by atoms with E-state index in [0.29, 0.717) is 5.04 Å². The molecular formula is C13H24OSi. The minimum absolute atomic E-state index is 0.293.